The summed E-state index contributed by atoms with van der Waals surface area (Å²) < 4.78 is 5.73. The number of hydrogen-bond donors (Lipinski definition) is 1. The van der Waals surface area contributed by atoms with Crippen LogP contribution >= 0.6 is 0 Å². The molecule has 2 rings (SSSR count). The Hall–Kier alpha value is -0.0800. The van der Waals surface area contributed by atoms with Gasteiger partial charge in [-0.1, -0.05) is 6.92 Å². The van der Waals surface area contributed by atoms with Crippen molar-refractivity contribution in [2.75, 3.05) is 19.7 Å². The van der Waals surface area contributed by atoms with Crippen LogP contribution in [0.2, 0.25) is 0 Å². The molecule has 11 heavy (non-hydrogen) atoms. The summed E-state index contributed by atoms with van der Waals surface area (Å²) in [5.74, 6) is 1.63. The highest BCUT2D eigenvalue weighted by Gasteiger charge is 2.30. The fourth-order valence-corrected chi connectivity index (χ4v) is 2.22. The van der Waals surface area contributed by atoms with Gasteiger partial charge in [0, 0.05) is 13.2 Å². The van der Waals surface area contributed by atoms with E-state index in [9.17, 15) is 0 Å². The molecule has 2 saturated heterocycles. The van der Waals surface area contributed by atoms with Gasteiger partial charge in [-0.15, -0.1) is 0 Å². The van der Waals surface area contributed by atoms with Gasteiger partial charge in [-0.05, 0) is 31.2 Å². The van der Waals surface area contributed by atoms with Crippen molar-refractivity contribution in [3.05, 3.63) is 0 Å². The molecule has 64 valence electrons. The summed E-state index contributed by atoms with van der Waals surface area (Å²) in [4.78, 5) is 0. The first-order chi connectivity index (χ1) is 5.36. The lowest BCUT2D eigenvalue weighted by Crippen LogP contribution is -2.46. The molecule has 0 aromatic carbocycles. The third-order valence-electron chi connectivity index (χ3n) is 2.86. The molecule has 2 heteroatoms. The number of hydrogen-bond acceptors (Lipinski definition) is 2. The first-order valence-corrected chi connectivity index (χ1v) is 4.68. The van der Waals surface area contributed by atoms with Gasteiger partial charge in [-0.2, -0.15) is 0 Å². The standard InChI is InChI=1S/C9H17NO/c1-7-4-8-2-3-10-5-9(8)11-6-7/h7-10H,2-6H2,1H3. The van der Waals surface area contributed by atoms with Crippen LogP contribution in [0.3, 0.4) is 0 Å². The Balaban J connectivity index is 1.93. The first kappa shape index (κ1) is 7.56. The maximum atomic E-state index is 5.73. The fraction of sp³-hybridized carbons (Fsp3) is 1.00. The maximum absolute atomic E-state index is 5.73. The molecule has 0 aliphatic carbocycles. The molecule has 0 radical (unpaired) electrons. The highest BCUT2D eigenvalue weighted by molar-refractivity contribution is 4.83. The summed E-state index contributed by atoms with van der Waals surface area (Å²) in [6.45, 7) is 5.54. The van der Waals surface area contributed by atoms with Crippen molar-refractivity contribution < 1.29 is 4.74 Å². The van der Waals surface area contributed by atoms with Gasteiger partial charge in [0.15, 0.2) is 0 Å². The van der Waals surface area contributed by atoms with E-state index >= 15 is 0 Å². The van der Waals surface area contributed by atoms with E-state index < -0.39 is 0 Å². The molecular weight excluding hydrogens is 138 g/mol. The Morgan fingerprint density at radius 1 is 1.45 bits per heavy atom. The molecular formula is C9H17NO. The van der Waals surface area contributed by atoms with E-state index in [1.807, 2.05) is 0 Å². The van der Waals surface area contributed by atoms with Gasteiger partial charge < -0.3 is 10.1 Å². The molecule has 0 spiro atoms. The van der Waals surface area contributed by atoms with Crippen molar-refractivity contribution >= 4 is 0 Å². The lowest BCUT2D eigenvalue weighted by atomic mass is 9.84. The topological polar surface area (TPSA) is 21.3 Å². The van der Waals surface area contributed by atoms with E-state index in [2.05, 4.69) is 12.2 Å². The van der Waals surface area contributed by atoms with Gasteiger partial charge in [0.25, 0.3) is 0 Å². The average Bonchev–Trinajstić information content (AvgIpc) is 2.04. The van der Waals surface area contributed by atoms with Gasteiger partial charge in [0.2, 0.25) is 0 Å². The minimum absolute atomic E-state index is 0.528. The van der Waals surface area contributed by atoms with E-state index in [0.717, 1.165) is 25.0 Å². The quantitative estimate of drug-likeness (QED) is 0.564. The van der Waals surface area contributed by atoms with E-state index in [1.165, 1.54) is 19.4 Å². The van der Waals surface area contributed by atoms with Gasteiger partial charge in [0.05, 0.1) is 6.10 Å². The van der Waals surface area contributed by atoms with Crippen molar-refractivity contribution in [1.82, 2.24) is 5.32 Å². The molecule has 0 aromatic rings. The van der Waals surface area contributed by atoms with Crippen LogP contribution in [-0.2, 0) is 4.74 Å². The number of piperidine rings is 1. The second kappa shape index (κ2) is 3.11. The zero-order valence-corrected chi connectivity index (χ0v) is 7.18. The number of nitrogens with one attached hydrogen (secondary N) is 1. The third kappa shape index (κ3) is 1.57. The van der Waals surface area contributed by atoms with E-state index in [0.29, 0.717) is 6.10 Å². The summed E-state index contributed by atoms with van der Waals surface area (Å²) in [7, 11) is 0. The summed E-state index contributed by atoms with van der Waals surface area (Å²) >= 11 is 0. The van der Waals surface area contributed by atoms with Crippen molar-refractivity contribution in [2.45, 2.75) is 25.9 Å². The largest absolute Gasteiger partial charge is 0.376 e. The van der Waals surface area contributed by atoms with Crippen LogP contribution in [-0.4, -0.2) is 25.8 Å². The van der Waals surface area contributed by atoms with Crippen molar-refractivity contribution in [3.8, 4) is 0 Å². The van der Waals surface area contributed by atoms with Crippen molar-refractivity contribution in [3.63, 3.8) is 0 Å². The lowest BCUT2D eigenvalue weighted by Gasteiger charge is -2.38. The van der Waals surface area contributed by atoms with Crippen LogP contribution in [0.15, 0.2) is 0 Å². The molecule has 0 saturated carbocycles. The minimum atomic E-state index is 0.528. The molecule has 2 aliphatic rings. The molecule has 0 bridgehead atoms. The zero-order valence-electron chi connectivity index (χ0n) is 7.18. The first-order valence-electron chi connectivity index (χ1n) is 4.68. The van der Waals surface area contributed by atoms with Gasteiger partial charge in [0.1, 0.15) is 0 Å². The van der Waals surface area contributed by atoms with E-state index in [4.69, 9.17) is 4.74 Å². The molecule has 1 N–H and O–H groups in total. The number of rotatable bonds is 0. The van der Waals surface area contributed by atoms with Crippen LogP contribution in [0.25, 0.3) is 0 Å². The average molecular weight is 155 g/mol. The monoisotopic (exact) mass is 155 g/mol. The Morgan fingerprint density at radius 3 is 3.27 bits per heavy atom. The molecule has 0 aromatic heterocycles. The number of fused-ring (bicyclic) bond motifs is 1. The minimum Gasteiger partial charge on any atom is -0.376 e. The highest BCUT2D eigenvalue weighted by Crippen LogP contribution is 2.28. The van der Waals surface area contributed by atoms with E-state index in [-0.39, 0.29) is 0 Å². The summed E-state index contributed by atoms with van der Waals surface area (Å²) in [6, 6.07) is 0. The third-order valence-corrected chi connectivity index (χ3v) is 2.86. The Bertz CT molecular complexity index is 138. The van der Waals surface area contributed by atoms with Gasteiger partial charge in [-0.3, -0.25) is 0 Å². The van der Waals surface area contributed by atoms with Crippen molar-refractivity contribution in [1.29, 1.82) is 0 Å². The molecule has 0 amide bonds. The summed E-state index contributed by atoms with van der Waals surface area (Å²) in [5, 5.41) is 3.37. The van der Waals surface area contributed by atoms with Crippen LogP contribution in [0.1, 0.15) is 19.8 Å². The fourth-order valence-electron chi connectivity index (χ4n) is 2.22. The van der Waals surface area contributed by atoms with Crippen LogP contribution in [0.4, 0.5) is 0 Å². The maximum Gasteiger partial charge on any atom is 0.0728 e. The van der Waals surface area contributed by atoms with Crippen LogP contribution in [0.5, 0.6) is 0 Å². The molecule has 2 nitrogen and oxygen atoms in total. The zero-order chi connectivity index (χ0) is 7.68. The van der Waals surface area contributed by atoms with Crippen LogP contribution in [0, 0.1) is 11.8 Å². The normalized spacial score (nSPS) is 45.0. The summed E-state index contributed by atoms with van der Waals surface area (Å²) in [6.07, 6.45) is 3.22. The van der Waals surface area contributed by atoms with Crippen LogP contribution < -0.4 is 5.32 Å². The Labute approximate surface area is 68.3 Å². The molecule has 3 atom stereocenters. The SMILES string of the molecule is CC1COC2CNCCC2C1. The second-order valence-corrected chi connectivity index (χ2v) is 3.97. The van der Waals surface area contributed by atoms with Crippen molar-refractivity contribution in [2.24, 2.45) is 11.8 Å². The smallest absolute Gasteiger partial charge is 0.0728 e. The van der Waals surface area contributed by atoms with Gasteiger partial charge >= 0.3 is 0 Å². The Kier molecular flexibility index (Phi) is 2.14. The predicted octanol–water partition coefficient (Wildman–Crippen LogP) is 1.02. The predicted molar refractivity (Wildman–Crippen MR) is 44.5 cm³/mol. The second-order valence-electron chi connectivity index (χ2n) is 3.97. The van der Waals surface area contributed by atoms with Gasteiger partial charge in [-0.25, -0.2) is 0 Å². The summed E-state index contributed by atoms with van der Waals surface area (Å²) in [5.41, 5.74) is 0. The molecule has 2 fully saturated rings. The lowest BCUT2D eigenvalue weighted by molar-refractivity contribution is -0.0625. The Morgan fingerprint density at radius 2 is 2.36 bits per heavy atom. The molecule has 2 aliphatic heterocycles. The number of ether oxygens (including phenoxy) is 1. The highest BCUT2D eigenvalue weighted by atomic mass is 16.5. The molecule has 3 unspecified atom stereocenters. The van der Waals surface area contributed by atoms with E-state index in [1.54, 1.807) is 0 Å². The molecule has 2 heterocycles.